The molecule has 0 saturated carbocycles. The minimum Gasteiger partial charge on any atom is -0.465 e. The van der Waals surface area contributed by atoms with Crippen molar-refractivity contribution in [3.63, 3.8) is 0 Å². The van der Waals surface area contributed by atoms with Gasteiger partial charge in [0, 0.05) is 18.4 Å². The Labute approximate surface area is 130 Å². The summed E-state index contributed by atoms with van der Waals surface area (Å²) in [4.78, 5) is 16.0. The van der Waals surface area contributed by atoms with Crippen LogP contribution in [0.1, 0.15) is 41.0 Å². The number of hydrogen-bond acceptors (Lipinski definition) is 4. The first kappa shape index (κ1) is 15.8. The van der Waals surface area contributed by atoms with Gasteiger partial charge in [-0.25, -0.2) is 9.78 Å². The number of rotatable bonds is 4. The summed E-state index contributed by atoms with van der Waals surface area (Å²) in [5, 5.41) is 9.34. The lowest BCUT2D eigenvalue weighted by atomic mass is 9.84. The summed E-state index contributed by atoms with van der Waals surface area (Å²) in [6.45, 7) is 6.22. The lowest BCUT2D eigenvalue weighted by molar-refractivity contribution is 0.0600. The van der Waals surface area contributed by atoms with Crippen LogP contribution in [0.5, 0.6) is 0 Å². The molecular formula is C17H19N3O2. The van der Waals surface area contributed by atoms with Crippen molar-refractivity contribution in [1.29, 1.82) is 5.26 Å². The van der Waals surface area contributed by atoms with Crippen molar-refractivity contribution in [3.8, 4) is 6.07 Å². The number of benzene rings is 1. The van der Waals surface area contributed by atoms with Crippen molar-refractivity contribution in [1.82, 2.24) is 9.55 Å². The van der Waals surface area contributed by atoms with Gasteiger partial charge in [-0.3, -0.25) is 0 Å². The van der Waals surface area contributed by atoms with E-state index in [2.05, 4.69) is 11.1 Å². The monoisotopic (exact) mass is 297 g/mol. The molecule has 1 aromatic heterocycles. The molecule has 0 radical (unpaired) electrons. The second-order valence-corrected chi connectivity index (χ2v) is 5.81. The first-order chi connectivity index (χ1) is 10.4. The normalized spacial score (nSPS) is 11.0. The van der Waals surface area contributed by atoms with Crippen LogP contribution in [-0.4, -0.2) is 22.6 Å². The molecule has 5 heteroatoms. The van der Waals surface area contributed by atoms with Crippen molar-refractivity contribution in [2.24, 2.45) is 0 Å². The van der Waals surface area contributed by atoms with Crippen molar-refractivity contribution in [3.05, 3.63) is 53.1 Å². The number of hydrogen-bond donors (Lipinski definition) is 0. The van der Waals surface area contributed by atoms with E-state index in [1.54, 1.807) is 24.7 Å². The number of aryl methyl sites for hydroxylation is 1. The van der Waals surface area contributed by atoms with Gasteiger partial charge in [0.1, 0.15) is 0 Å². The molecule has 0 unspecified atom stereocenters. The van der Waals surface area contributed by atoms with Crippen molar-refractivity contribution in [2.75, 3.05) is 7.11 Å². The lowest BCUT2D eigenvalue weighted by Crippen LogP contribution is -2.16. The number of imidazole rings is 1. The fraction of sp³-hybridized carbons (Fsp3) is 0.353. The third-order valence-electron chi connectivity index (χ3n) is 3.69. The molecule has 0 saturated heterocycles. The predicted molar refractivity (Wildman–Crippen MR) is 82.5 cm³/mol. The van der Waals surface area contributed by atoms with Crippen LogP contribution in [-0.2, 0) is 16.7 Å². The fourth-order valence-electron chi connectivity index (χ4n) is 2.19. The SMILES string of the molecule is COC(=O)c1cc(Cn2cncc2C)cc(C(C)(C)C#N)c1. The topological polar surface area (TPSA) is 67.9 Å². The van der Waals surface area contributed by atoms with Crippen LogP contribution in [0.25, 0.3) is 0 Å². The molecule has 0 aliphatic rings. The zero-order valence-electron chi connectivity index (χ0n) is 13.3. The highest BCUT2D eigenvalue weighted by Crippen LogP contribution is 2.25. The van der Waals surface area contributed by atoms with Gasteiger partial charge < -0.3 is 9.30 Å². The van der Waals surface area contributed by atoms with Crippen molar-refractivity contribution >= 4 is 5.97 Å². The average Bonchev–Trinajstić information content (AvgIpc) is 2.91. The van der Waals surface area contributed by atoms with E-state index in [9.17, 15) is 10.1 Å². The number of carbonyl (C=O) groups is 1. The lowest BCUT2D eigenvalue weighted by Gasteiger charge is -2.18. The van der Waals surface area contributed by atoms with Gasteiger partial charge in [0.25, 0.3) is 0 Å². The Hall–Kier alpha value is -2.61. The average molecular weight is 297 g/mol. The molecule has 1 heterocycles. The van der Waals surface area contributed by atoms with Crippen LogP contribution in [0.2, 0.25) is 0 Å². The summed E-state index contributed by atoms with van der Waals surface area (Å²) >= 11 is 0. The highest BCUT2D eigenvalue weighted by atomic mass is 16.5. The van der Waals surface area contributed by atoms with Crippen LogP contribution in [0.4, 0.5) is 0 Å². The molecule has 0 atom stereocenters. The number of nitriles is 1. The largest absolute Gasteiger partial charge is 0.465 e. The van der Waals surface area contributed by atoms with Crippen LogP contribution in [0.3, 0.4) is 0 Å². The Morgan fingerprint density at radius 1 is 1.41 bits per heavy atom. The Morgan fingerprint density at radius 2 is 2.14 bits per heavy atom. The van der Waals surface area contributed by atoms with E-state index in [0.29, 0.717) is 12.1 Å². The molecule has 2 aromatic rings. The van der Waals surface area contributed by atoms with Gasteiger partial charge in [0.15, 0.2) is 0 Å². The summed E-state index contributed by atoms with van der Waals surface area (Å²) in [6, 6.07) is 7.74. The number of esters is 1. The number of aromatic nitrogens is 2. The van der Waals surface area contributed by atoms with Gasteiger partial charge in [-0.1, -0.05) is 6.07 Å². The summed E-state index contributed by atoms with van der Waals surface area (Å²) < 4.78 is 6.80. The third kappa shape index (κ3) is 3.17. The standard InChI is InChI=1S/C17H19N3O2/c1-12-8-19-11-20(12)9-13-5-14(16(21)22-4)7-15(6-13)17(2,3)10-18/h5-8,11H,9H2,1-4H3. The second-order valence-electron chi connectivity index (χ2n) is 5.81. The number of nitrogens with zero attached hydrogens (tertiary/aromatic N) is 3. The highest BCUT2D eigenvalue weighted by molar-refractivity contribution is 5.89. The molecule has 5 nitrogen and oxygen atoms in total. The van der Waals surface area contributed by atoms with E-state index in [-0.39, 0.29) is 0 Å². The van der Waals surface area contributed by atoms with E-state index in [0.717, 1.165) is 16.8 Å². The van der Waals surface area contributed by atoms with Gasteiger partial charge in [-0.2, -0.15) is 5.26 Å². The molecule has 114 valence electrons. The molecule has 0 spiro atoms. The maximum Gasteiger partial charge on any atom is 0.337 e. The van der Waals surface area contributed by atoms with Crippen LogP contribution < -0.4 is 0 Å². The smallest absolute Gasteiger partial charge is 0.337 e. The maximum absolute atomic E-state index is 11.9. The van der Waals surface area contributed by atoms with Gasteiger partial charge in [0.2, 0.25) is 0 Å². The Kier molecular flexibility index (Phi) is 4.32. The zero-order chi connectivity index (χ0) is 16.3. The van der Waals surface area contributed by atoms with E-state index < -0.39 is 11.4 Å². The van der Waals surface area contributed by atoms with E-state index >= 15 is 0 Å². The number of ether oxygens (including phenoxy) is 1. The van der Waals surface area contributed by atoms with E-state index in [1.165, 1.54) is 7.11 Å². The summed E-state index contributed by atoms with van der Waals surface area (Å²) in [6.07, 6.45) is 3.53. The Balaban J connectivity index is 2.49. The zero-order valence-corrected chi connectivity index (χ0v) is 13.3. The number of methoxy groups -OCH3 is 1. The minimum absolute atomic E-state index is 0.404. The predicted octanol–water partition coefficient (Wildman–Crippen LogP) is 2.83. The van der Waals surface area contributed by atoms with Crippen molar-refractivity contribution < 1.29 is 9.53 Å². The molecule has 0 fully saturated rings. The Morgan fingerprint density at radius 3 is 2.68 bits per heavy atom. The van der Waals surface area contributed by atoms with Crippen LogP contribution in [0, 0.1) is 18.3 Å². The molecule has 0 aliphatic carbocycles. The van der Waals surface area contributed by atoms with Gasteiger partial charge in [-0.15, -0.1) is 0 Å². The van der Waals surface area contributed by atoms with E-state index in [4.69, 9.17) is 4.74 Å². The third-order valence-corrected chi connectivity index (χ3v) is 3.69. The van der Waals surface area contributed by atoms with Crippen LogP contribution in [0.15, 0.2) is 30.7 Å². The molecule has 0 amide bonds. The minimum atomic E-state index is -0.678. The molecule has 0 N–H and O–H groups in total. The van der Waals surface area contributed by atoms with Gasteiger partial charge in [-0.05, 0) is 44.0 Å². The van der Waals surface area contributed by atoms with Crippen LogP contribution >= 0.6 is 0 Å². The molecule has 0 aliphatic heterocycles. The number of carbonyl (C=O) groups excluding carboxylic acids is 1. The molecular weight excluding hydrogens is 278 g/mol. The molecule has 22 heavy (non-hydrogen) atoms. The molecule has 2 rings (SSSR count). The molecule has 0 bridgehead atoms. The first-order valence-corrected chi connectivity index (χ1v) is 6.98. The second kappa shape index (κ2) is 6.02. The summed E-state index contributed by atoms with van der Waals surface area (Å²) in [5.41, 5.74) is 2.54. The maximum atomic E-state index is 11.9. The van der Waals surface area contributed by atoms with Gasteiger partial charge >= 0.3 is 5.97 Å². The Bertz CT molecular complexity index is 739. The fourth-order valence-corrected chi connectivity index (χ4v) is 2.19. The molecule has 1 aromatic carbocycles. The highest BCUT2D eigenvalue weighted by Gasteiger charge is 2.22. The first-order valence-electron chi connectivity index (χ1n) is 6.98. The quantitative estimate of drug-likeness (QED) is 0.814. The van der Waals surface area contributed by atoms with Crippen molar-refractivity contribution in [2.45, 2.75) is 32.7 Å². The van der Waals surface area contributed by atoms with Gasteiger partial charge in [0.05, 0.1) is 30.5 Å². The summed E-state index contributed by atoms with van der Waals surface area (Å²) in [7, 11) is 1.35. The summed E-state index contributed by atoms with van der Waals surface area (Å²) in [5.74, 6) is -0.404. The van der Waals surface area contributed by atoms with E-state index in [1.807, 2.05) is 31.4 Å².